The van der Waals surface area contributed by atoms with Crippen LogP contribution in [-0.2, 0) is 9.59 Å². The van der Waals surface area contributed by atoms with E-state index >= 15 is 0 Å². The van der Waals surface area contributed by atoms with Crippen molar-refractivity contribution in [3.8, 4) is 0 Å². The monoisotopic (exact) mass is 394 g/mol. The quantitative estimate of drug-likeness (QED) is 0.449. The molecule has 4 rings (SSSR count). The highest BCUT2D eigenvalue weighted by Crippen LogP contribution is 2.38. The molecule has 0 radical (unpaired) electrons. The largest absolute Gasteiger partial charge is 0.332 e. The summed E-state index contributed by atoms with van der Waals surface area (Å²) in [7, 11) is 2.84. The van der Waals surface area contributed by atoms with Crippen molar-refractivity contribution in [3.63, 3.8) is 0 Å². The van der Waals surface area contributed by atoms with E-state index in [4.69, 9.17) is 4.99 Å². The predicted molar refractivity (Wildman–Crippen MR) is 110 cm³/mol. The fourth-order valence-corrected chi connectivity index (χ4v) is 4.42. The van der Waals surface area contributed by atoms with Crippen LogP contribution in [0.1, 0.15) is 49.3 Å². The Labute approximate surface area is 170 Å². The van der Waals surface area contributed by atoms with Gasteiger partial charge >= 0.3 is 6.03 Å². The van der Waals surface area contributed by atoms with Crippen molar-refractivity contribution in [2.45, 2.75) is 44.2 Å². The molecular weight excluding hydrogens is 368 g/mol. The summed E-state index contributed by atoms with van der Waals surface area (Å²) in [6.45, 7) is 0. The zero-order valence-electron chi connectivity index (χ0n) is 16.8. The first-order valence-corrected chi connectivity index (χ1v) is 10.2. The summed E-state index contributed by atoms with van der Waals surface area (Å²) < 4.78 is 0. The van der Waals surface area contributed by atoms with Gasteiger partial charge in [-0.2, -0.15) is 0 Å². The van der Waals surface area contributed by atoms with Crippen molar-refractivity contribution >= 4 is 30.3 Å². The molecule has 4 amide bonds. The lowest BCUT2D eigenvalue weighted by Crippen LogP contribution is -2.59. The predicted octanol–water partition coefficient (Wildman–Crippen LogP) is 3.04. The molecule has 0 aromatic heterocycles. The summed E-state index contributed by atoms with van der Waals surface area (Å²) in [5.74, 6) is -1.97. The number of urea groups is 1. The highest BCUT2D eigenvalue weighted by atomic mass is 16.2. The van der Waals surface area contributed by atoms with Gasteiger partial charge in [-0.3, -0.25) is 24.4 Å². The number of amides is 4. The summed E-state index contributed by atoms with van der Waals surface area (Å²) in [6.07, 6.45) is 11.4. The van der Waals surface area contributed by atoms with E-state index < -0.39 is 29.8 Å². The van der Waals surface area contributed by atoms with E-state index in [2.05, 4.69) is 0 Å². The normalized spacial score (nSPS) is 24.0. The molecule has 1 aromatic rings. The Morgan fingerprint density at radius 1 is 0.966 bits per heavy atom. The summed E-state index contributed by atoms with van der Waals surface area (Å²) in [5.41, 5.74) is 1.84. The summed E-state index contributed by atoms with van der Waals surface area (Å²) >= 11 is 0. The van der Waals surface area contributed by atoms with E-state index in [-0.39, 0.29) is 6.04 Å². The number of hydrogen-bond donors (Lipinski definition) is 0. The number of carbonyl (C=O) groups excluding carboxylic acids is 3. The third-order valence-corrected chi connectivity index (χ3v) is 6.13. The van der Waals surface area contributed by atoms with Crippen LogP contribution < -0.4 is 0 Å². The number of barbiturate groups is 1. The van der Waals surface area contributed by atoms with E-state index in [1.165, 1.54) is 33.4 Å². The third-order valence-electron chi connectivity index (χ3n) is 6.13. The first-order chi connectivity index (χ1) is 14.0. The second-order valence-corrected chi connectivity index (χ2v) is 7.95. The average molecular weight is 394 g/mol. The second-order valence-electron chi connectivity index (χ2n) is 7.95. The van der Waals surface area contributed by atoms with Crippen molar-refractivity contribution in [1.82, 2.24) is 14.7 Å². The van der Waals surface area contributed by atoms with Gasteiger partial charge in [-0.25, -0.2) is 4.79 Å². The molecule has 1 aliphatic carbocycles. The first-order valence-electron chi connectivity index (χ1n) is 10.2. The highest BCUT2D eigenvalue weighted by molar-refractivity contribution is 6.16. The topological polar surface area (TPSA) is 73.3 Å². The minimum atomic E-state index is -1.01. The lowest BCUT2D eigenvalue weighted by atomic mass is 9.84. The molecule has 1 saturated carbocycles. The van der Waals surface area contributed by atoms with Crippen molar-refractivity contribution in [1.29, 1.82) is 0 Å². The molecule has 1 atom stereocenters. The zero-order chi connectivity index (χ0) is 20.5. The van der Waals surface area contributed by atoms with Crippen molar-refractivity contribution in [2.75, 3.05) is 14.1 Å². The van der Waals surface area contributed by atoms with Crippen LogP contribution in [0.5, 0.6) is 0 Å². The summed E-state index contributed by atoms with van der Waals surface area (Å²) in [4.78, 5) is 46.9. The molecule has 1 unspecified atom stereocenters. The van der Waals surface area contributed by atoms with Gasteiger partial charge in [-0.05, 0) is 30.0 Å². The van der Waals surface area contributed by atoms with E-state index in [1.54, 1.807) is 6.34 Å². The number of rotatable bonds is 3. The Balaban J connectivity index is 1.72. The molecule has 0 spiro atoms. The maximum atomic E-state index is 13.0. The number of benzene rings is 1. The van der Waals surface area contributed by atoms with Crippen LogP contribution >= 0.6 is 0 Å². The highest BCUT2D eigenvalue weighted by Gasteiger charge is 2.49. The van der Waals surface area contributed by atoms with Gasteiger partial charge in [0.05, 0.1) is 18.4 Å². The molecule has 2 aliphatic heterocycles. The number of fused-ring (bicyclic) bond motifs is 1. The van der Waals surface area contributed by atoms with Gasteiger partial charge in [-0.1, -0.05) is 43.5 Å². The Morgan fingerprint density at radius 3 is 2.31 bits per heavy atom. The van der Waals surface area contributed by atoms with Crippen LogP contribution in [0.4, 0.5) is 4.79 Å². The van der Waals surface area contributed by atoms with Gasteiger partial charge in [0.15, 0.2) is 0 Å². The number of carbonyl (C=O) groups is 3. The Bertz CT molecular complexity index is 864. The standard InChI is InChI=1S/C22H26N4O3/c1-24-20(27)18(21(28)25(2)22(24)29)19-17-11-7-6-8-15(17)12-13-26(19)14-23-16-9-4-3-5-10-16/h6-8,11-14,16,18-19H,3-5,9-10H2,1-2H3. The van der Waals surface area contributed by atoms with Crippen LogP contribution in [0.15, 0.2) is 35.5 Å². The second kappa shape index (κ2) is 7.81. The fraction of sp³-hybridized carbons (Fsp3) is 0.455. The first kappa shape index (κ1) is 19.4. The van der Waals surface area contributed by atoms with Crippen LogP contribution in [0.3, 0.4) is 0 Å². The summed E-state index contributed by atoms with van der Waals surface area (Å²) in [6, 6.07) is 6.86. The molecule has 29 heavy (non-hydrogen) atoms. The number of imide groups is 2. The molecule has 7 heteroatoms. The Hall–Kier alpha value is -2.96. The van der Waals surface area contributed by atoms with E-state index in [0.717, 1.165) is 33.8 Å². The molecule has 3 aliphatic rings. The smallest absolute Gasteiger partial charge is 0.330 e. The number of hydrogen-bond acceptors (Lipinski definition) is 4. The summed E-state index contributed by atoms with van der Waals surface area (Å²) in [5, 5.41) is 0. The van der Waals surface area contributed by atoms with Gasteiger partial charge in [-0.15, -0.1) is 0 Å². The van der Waals surface area contributed by atoms with Crippen LogP contribution in [0.2, 0.25) is 0 Å². The van der Waals surface area contributed by atoms with Crippen molar-refractivity contribution in [2.24, 2.45) is 10.9 Å². The minimum Gasteiger partial charge on any atom is -0.330 e. The Kier molecular flexibility index (Phi) is 5.22. The molecule has 1 aromatic carbocycles. The maximum Gasteiger partial charge on any atom is 0.332 e. The molecule has 1 saturated heterocycles. The number of nitrogens with zero attached hydrogens (tertiary/aromatic N) is 4. The van der Waals surface area contributed by atoms with E-state index in [1.807, 2.05) is 41.4 Å². The van der Waals surface area contributed by atoms with E-state index in [9.17, 15) is 14.4 Å². The molecule has 0 N–H and O–H groups in total. The minimum absolute atomic E-state index is 0.277. The van der Waals surface area contributed by atoms with E-state index in [0.29, 0.717) is 0 Å². The van der Waals surface area contributed by atoms with Crippen LogP contribution in [0.25, 0.3) is 6.08 Å². The van der Waals surface area contributed by atoms with Crippen LogP contribution in [-0.4, -0.2) is 59.0 Å². The fourth-order valence-electron chi connectivity index (χ4n) is 4.42. The Morgan fingerprint density at radius 2 is 1.62 bits per heavy atom. The molecular formula is C22H26N4O3. The van der Waals surface area contributed by atoms with Crippen LogP contribution in [0, 0.1) is 5.92 Å². The van der Waals surface area contributed by atoms with Gasteiger partial charge < -0.3 is 4.90 Å². The molecule has 2 fully saturated rings. The lowest BCUT2D eigenvalue weighted by Gasteiger charge is -2.41. The molecule has 7 nitrogen and oxygen atoms in total. The van der Waals surface area contributed by atoms with Gasteiger partial charge in [0.1, 0.15) is 5.92 Å². The third kappa shape index (κ3) is 3.45. The maximum absolute atomic E-state index is 13.0. The van der Waals surface area contributed by atoms with Gasteiger partial charge in [0.25, 0.3) is 0 Å². The van der Waals surface area contributed by atoms with Gasteiger partial charge in [0, 0.05) is 20.3 Å². The van der Waals surface area contributed by atoms with Crippen molar-refractivity contribution < 1.29 is 14.4 Å². The SMILES string of the molecule is CN1C(=O)C(C2c3ccccc3C=CN2C=NC2CCCCC2)C(=O)N(C)C1=O. The lowest BCUT2D eigenvalue weighted by molar-refractivity contribution is -0.150. The molecule has 152 valence electrons. The zero-order valence-corrected chi connectivity index (χ0v) is 16.8. The average Bonchev–Trinajstić information content (AvgIpc) is 2.76. The molecule has 2 heterocycles. The number of aliphatic imine (C=N–C) groups is 1. The molecule has 0 bridgehead atoms. The van der Waals surface area contributed by atoms with Gasteiger partial charge in [0.2, 0.25) is 11.8 Å². The van der Waals surface area contributed by atoms with Crippen molar-refractivity contribution in [3.05, 3.63) is 41.6 Å².